The molecule has 1 N–H and O–H groups in total. The molecular weight excluding hydrogens is 116 g/mol. The fourth-order valence-corrected chi connectivity index (χ4v) is 1.24. The molecule has 1 rings (SSSR count). The zero-order valence-corrected chi connectivity index (χ0v) is 5.55. The third-order valence-corrected chi connectivity index (χ3v) is 1.82. The van der Waals surface area contributed by atoms with Crippen LogP contribution in [0.1, 0.15) is 12.8 Å². The number of hydrogen-bond donors (Lipinski definition) is 0. The zero-order valence-electron chi connectivity index (χ0n) is 5.55. The first kappa shape index (κ1) is 6.55. The molecule has 9 heavy (non-hydrogen) atoms. The molecule has 0 spiro atoms. The quantitative estimate of drug-likeness (QED) is 0.493. The summed E-state index contributed by atoms with van der Waals surface area (Å²) in [7, 11) is 1.89. The molecule has 0 saturated carbocycles. The minimum absolute atomic E-state index is 0.106. The second kappa shape index (κ2) is 2.35. The summed E-state index contributed by atoms with van der Waals surface area (Å²) in [6, 6.07) is -0.106. The number of carbonyl (C=O) groups excluding carboxylic acids is 1. The van der Waals surface area contributed by atoms with Crippen LogP contribution in [0.3, 0.4) is 0 Å². The largest absolute Gasteiger partial charge is 0.295 e. The monoisotopic (exact) mass is 127 g/mol. The van der Waals surface area contributed by atoms with Gasteiger partial charge in [0.05, 0.1) is 6.04 Å². The SMILES string of the molecule is CN1CCCC1C([NH])=O. The maximum absolute atomic E-state index is 10.5. The molecule has 51 valence electrons. The molecule has 1 unspecified atom stereocenters. The molecule has 3 nitrogen and oxygen atoms in total. The fourth-order valence-electron chi connectivity index (χ4n) is 1.24. The lowest BCUT2D eigenvalue weighted by molar-refractivity contribution is -0.122. The van der Waals surface area contributed by atoms with Crippen LogP contribution in [-0.4, -0.2) is 30.4 Å². The van der Waals surface area contributed by atoms with Crippen molar-refractivity contribution in [2.45, 2.75) is 18.9 Å². The van der Waals surface area contributed by atoms with Crippen molar-refractivity contribution in [3.63, 3.8) is 0 Å². The average Bonchev–Trinajstić information content (AvgIpc) is 2.13. The molecule has 1 saturated heterocycles. The molecule has 1 amide bonds. The highest BCUT2D eigenvalue weighted by atomic mass is 16.1. The molecule has 1 aliphatic rings. The minimum Gasteiger partial charge on any atom is -0.295 e. The summed E-state index contributed by atoms with van der Waals surface area (Å²) in [5, 5.41) is 0. The van der Waals surface area contributed by atoms with Crippen LogP contribution >= 0.6 is 0 Å². The molecule has 0 aromatic rings. The van der Waals surface area contributed by atoms with Gasteiger partial charge in [0.1, 0.15) is 0 Å². The van der Waals surface area contributed by atoms with Crippen LogP contribution < -0.4 is 5.73 Å². The van der Waals surface area contributed by atoms with Gasteiger partial charge in [-0.1, -0.05) is 0 Å². The van der Waals surface area contributed by atoms with Crippen molar-refractivity contribution in [1.82, 2.24) is 10.6 Å². The van der Waals surface area contributed by atoms with Crippen LogP contribution in [0.25, 0.3) is 0 Å². The first-order chi connectivity index (χ1) is 4.22. The van der Waals surface area contributed by atoms with E-state index in [4.69, 9.17) is 5.73 Å². The molecule has 1 heterocycles. The molecule has 1 atom stereocenters. The number of nitrogens with one attached hydrogen (secondary N) is 1. The van der Waals surface area contributed by atoms with Gasteiger partial charge < -0.3 is 0 Å². The van der Waals surface area contributed by atoms with Crippen molar-refractivity contribution in [2.24, 2.45) is 0 Å². The van der Waals surface area contributed by atoms with Gasteiger partial charge in [-0.15, -0.1) is 0 Å². The van der Waals surface area contributed by atoms with Gasteiger partial charge in [-0.25, -0.2) is 0 Å². The van der Waals surface area contributed by atoms with Crippen molar-refractivity contribution in [1.29, 1.82) is 0 Å². The number of hydrogen-bond acceptors (Lipinski definition) is 2. The lowest BCUT2D eigenvalue weighted by Gasteiger charge is -2.13. The second-order valence-corrected chi connectivity index (χ2v) is 2.50. The predicted octanol–water partition coefficient (Wildman–Crippen LogP) is -0.110. The summed E-state index contributed by atoms with van der Waals surface area (Å²) in [4.78, 5) is 12.4. The van der Waals surface area contributed by atoms with Gasteiger partial charge in [-0.2, -0.15) is 0 Å². The van der Waals surface area contributed by atoms with E-state index in [1.54, 1.807) is 0 Å². The highest BCUT2D eigenvalue weighted by molar-refractivity contribution is 5.79. The number of carbonyl (C=O) groups is 1. The zero-order chi connectivity index (χ0) is 6.85. The first-order valence-electron chi connectivity index (χ1n) is 3.17. The third kappa shape index (κ3) is 1.21. The summed E-state index contributed by atoms with van der Waals surface area (Å²) >= 11 is 0. The van der Waals surface area contributed by atoms with E-state index in [0.29, 0.717) is 0 Å². The Kier molecular flexibility index (Phi) is 1.71. The van der Waals surface area contributed by atoms with Gasteiger partial charge >= 0.3 is 0 Å². The number of amides is 1. The van der Waals surface area contributed by atoms with Crippen molar-refractivity contribution in [3.8, 4) is 0 Å². The van der Waals surface area contributed by atoms with Gasteiger partial charge in [-0.3, -0.25) is 15.4 Å². The molecule has 0 aromatic heterocycles. The highest BCUT2D eigenvalue weighted by Crippen LogP contribution is 2.13. The number of nitrogens with zero attached hydrogens (tertiary/aromatic N) is 1. The van der Waals surface area contributed by atoms with Crippen LogP contribution in [-0.2, 0) is 4.79 Å². The Morgan fingerprint density at radius 2 is 2.44 bits per heavy atom. The van der Waals surface area contributed by atoms with Crippen molar-refractivity contribution in [2.75, 3.05) is 13.6 Å². The summed E-state index contributed by atoms with van der Waals surface area (Å²) < 4.78 is 0. The topological polar surface area (TPSA) is 44.1 Å². The summed E-state index contributed by atoms with van der Waals surface area (Å²) in [5.41, 5.74) is 6.82. The van der Waals surface area contributed by atoms with Crippen LogP contribution in [0.15, 0.2) is 0 Å². The van der Waals surface area contributed by atoms with Crippen LogP contribution in [0.4, 0.5) is 0 Å². The van der Waals surface area contributed by atoms with Gasteiger partial charge in [0, 0.05) is 0 Å². The van der Waals surface area contributed by atoms with E-state index in [1.807, 2.05) is 11.9 Å². The fraction of sp³-hybridized carbons (Fsp3) is 0.833. The lowest BCUT2D eigenvalue weighted by atomic mass is 10.2. The van der Waals surface area contributed by atoms with Gasteiger partial charge in [0.2, 0.25) is 0 Å². The Hall–Kier alpha value is -0.570. The normalized spacial score (nSPS) is 28.8. The number of likely N-dealkylation sites (N-methyl/N-ethyl adjacent to an activating group) is 1. The van der Waals surface area contributed by atoms with Crippen LogP contribution in [0.5, 0.6) is 0 Å². The maximum Gasteiger partial charge on any atom is 0.255 e. The molecule has 1 radical (unpaired) electrons. The predicted molar refractivity (Wildman–Crippen MR) is 33.8 cm³/mol. The first-order valence-corrected chi connectivity index (χ1v) is 3.17. The average molecular weight is 127 g/mol. The molecule has 1 fully saturated rings. The van der Waals surface area contributed by atoms with Crippen LogP contribution in [0, 0.1) is 0 Å². The minimum atomic E-state index is -0.435. The molecule has 0 aliphatic carbocycles. The maximum atomic E-state index is 10.5. The van der Waals surface area contributed by atoms with E-state index in [9.17, 15) is 4.79 Å². The second-order valence-electron chi connectivity index (χ2n) is 2.50. The Labute approximate surface area is 54.8 Å². The smallest absolute Gasteiger partial charge is 0.255 e. The third-order valence-electron chi connectivity index (χ3n) is 1.82. The van der Waals surface area contributed by atoms with Crippen molar-refractivity contribution < 1.29 is 4.79 Å². The lowest BCUT2D eigenvalue weighted by Crippen LogP contribution is -2.33. The standard InChI is InChI=1S/C6H11N2O/c1-8-4-2-3-5(8)6(7)9/h5,7H,2-4H2,1H3. The van der Waals surface area contributed by atoms with Crippen LogP contribution in [0.2, 0.25) is 0 Å². The Bertz CT molecular complexity index is 124. The molecule has 1 aliphatic heterocycles. The van der Waals surface area contributed by atoms with Crippen molar-refractivity contribution >= 4 is 5.91 Å². The number of rotatable bonds is 1. The van der Waals surface area contributed by atoms with E-state index in [0.717, 1.165) is 19.4 Å². The molecule has 0 bridgehead atoms. The Morgan fingerprint density at radius 1 is 1.78 bits per heavy atom. The summed E-state index contributed by atoms with van der Waals surface area (Å²) in [6.45, 7) is 0.968. The van der Waals surface area contributed by atoms with Gasteiger partial charge in [-0.05, 0) is 26.4 Å². The van der Waals surface area contributed by atoms with Crippen molar-refractivity contribution in [3.05, 3.63) is 0 Å². The Balaban J connectivity index is 2.49. The number of likely N-dealkylation sites (tertiary alicyclic amines) is 1. The van der Waals surface area contributed by atoms with E-state index in [-0.39, 0.29) is 6.04 Å². The molecule has 0 aromatic carbocycles. The van der Waals surface area contributed by atoms with E-state index < -0.39 is 5.91 Å². The van der Waals surface area contributed by atoms with Gasteiger partial charge in [0.15, 0.2) is 0 Å². The molecular formula is C6H11N2O. The Morgan fingerprint density at radius 3 is 2.67 bits per heavy atom. The summed E-state index contributed by atoms with van der Waals surface area (Å²) in [6.07, 6.45) is 1.94. The van der Waals surface area contributed by atoms with Gasteiger partial charge in [0.25, 0.3) is 5.91 Å². The highest BCUT2D eigenvalue weighted by Gasteiger charge is 2.25. The van der Waals surface area contributed by atoms with E-state index in [2.05, 4.69) is 0 Å². The van der Waals surface area contributed by atoms with E-state index in [1.165, 1.54) is 0 Å². The van der Waals surface area contributed by atoms with E-state index >= 15 is 0 Å². The molecule has 3 heteroatoms. The summed E-state index contributed by atoms with van der Waals surface area (Å²) in [5.74, 6) is -0.435.